The lowest BCUT2D eigenvalue weighted by molar-refractivity contribution is -0.137. The zero-order valence-electron chi connectivity index (χ0n) is 38.0. The lowest BCUT2D eigenvalue weighted by atomic mass is 9.91. The Labute approximate surface area is 384 Å². The first-order valence-corrected chi connectivity index (χ1v) is 24.4. The van der Waals surface area contributed by atoms with Crippen LogP contribution in [0.3, 0.4) is 0 Å². The van der Waals surface area contributed by atoms with Crippen molar-refractivity contribution in [1.82, 2.24) is 40.2 Å². The van der Waals surface area contributed by atoms with E-state index in [0.29, 0.717) is 42.6 Å². The fraction of sp³-hybridized carbons (Fsp3) is 0.549. The van der Waals surface area contributed by atoms with Crippen LogP contribution in [0.25, 0.3) is 6.08 Å². The van der Waals surface area contributed by atoms with Gasteiger partial charge in [-0.1, -0.05) is 43.9 Å². The van der Waals surface area contributed by atoms with E-state index in [0.717, 1.165) is 140 Å². The number of pyridine rings is 2. The van der Waals surface area contributed by atoms with Crippen LogP contribution in [0, 0.1) is 5.92 Å². The molecule has 14 heteroatoms. The molecule has 1 aromatic carbocycles. The predicted molar refractivity (Wildman–Crippen MR) is 251 cm³/mol. The van der Waals surface area contributed by atoms with E-state index in [4.69, 9.17) is 4.98 Å². The summed E-state index contributed by atoms with van der Waals surface area (Å²) in [5.41, 5.74) is 4.52. The van der Waals surface area contributed by atoms with Gasteiger partial charge in [-0.3, -0.25) is 39.2 Å². The number of imide groups is 1. The van der Waals surface area contributed by atoms with Gasteiger partial charge in [0.2, 0.25) is 17.7 Å². The summed E-state index contributed by atoms with van der Waals surface area (Å²) >= 11 is 0. The van der Waals surface area contributed by atoms with Crippen LogP contribution in [0.15, 0.2) is 67.1 Å². The molecule has 7 heterocycles. The minimum Gasteiger partial charge on any atom is -0.357 e. The third-order valence-electron chi connectivity index (χ3n) is 14.4. The number of fused-ring (bicyclic) bond motifs is 1. The first-order valence-electron chi connectivity index (χ1n) is 24.4. The maximum Gasteiger partial charge on any atom is 0.255 e. The summed E-state index contributed by atoms with van der Waals surface area (Å²) in [6, 6.07) is 13.7. The van der Waals surface area contributed by atoms with Crippen molar-refractivity contribution >= 4 is 41.4 Å². The molecule has 3 aromatic rings. The van der Waals surface area contributed by atoms with Gasteiger partial charge in [0.15, 0.2) is 0 Å². The number of hydrogen-bond donors (Lipinski definition) is 2. The molecule has 5 amide bonds. The maximum atomic E-state index is 13.4. The van der Waals surface area contributed by atoms with Crippen LogP contribution in [-0.2, 0) is 27.3 Å². The number of carbonyl (C=O) groups excluding carboxylic acids is 5. The number of piperidine rings is 3. The Morgan fingerprint density at radius 1 is 0.800 bits per heavy atom. The number of carbonyl (C=O) groups is 5. The number of piperazine rings is 1. The quantitative estimate of drug-likeness (QED) is 0.0956. The van der Waals surface area contributed by atoms with Crippen molar-refractivity contribution < 1.29 is 24.0 Å². The summed E-state index contributed by atoms with van der Waals surface area (Å²) in [7, 11) is 0. The number of likely N-dealkylation sites (tertiary alicyclic amines) is 1. The third kappa shape index (κ3) is 12.3. The van der Waals surface area contributed by atoms with Crippen molar-refractivity contribution in [3.63, 3.8) is 0 Å². The topological polar surface area (TPSA) is 151 Å². The van der Waals surface area contributed by atoms with Crippen LogP contribution in [0.1, 0.15) is 121 Å². The molecule has 346 valence electrons. The average Bonchev–Trinajstić information content (AvgIpc) is 3.68. The number of anilines is 1. The number of nitrogens with zero attached hydrogens (tertiary/aromatic N) is 7. The van der Waals surface area contributed by atoms with E-state index in [1.54, 1.807) is 35.6 Å². The Balaban J connectivity index is 0.659. The van der Waals surface area contributed by atoms with Crippen molar-refractivity contribution in [3.8, 4) is 0 Å². The van der Waals surface area contributed by atoms with Gasteiger partial charge < -0.3 is 24.9 Å². The molecule has 0 spiro atoms. The molecule has 4 saturated heterocycles. The highest BCUT2D eigenvalue weighted by molar-refractivity contribution is 6.05. The lowest BCUT2D eigenvalue weighted by Gasteiger charge is -2.43. The maximum absolute atomic E-state index is 13.4. The summed E-state index contributed by atoms with van der Waals surface area (Å²) in [6.07, 6.45) is 22.2. The highest BCUT2D eigenvalue weighted by Gasteiger charge is 2.39. The van der Waals surface area contributed by atoms with Gasteiger partial charge in [-0.25, -0.2) is 4.98 Å². The van der Waals surface area contributed by atoms with Gasteiger partial charge in [-0.05, 0) is 117 Å². The van der Waals surface area contributed by atoms with Crippen molar-refractivity contribution in [3.05, 3.63) is 94.9 Å². The highest BCUT2D eigenvalue weighted by atomic mass is 16.2. The second-order valence-corrected chi connectivity index (χ2v) is 18.7. The van der Waals surface area contributed by atoms with Crippen molar-refractivity contribution in [2.24, 2.45) is 5.92 Å². The molecule has 8 rings (SSSR count). The van der Waals surface area contributed by atoms with Crippen molar-refractivity contribution in [2.45, 2.75) is 109 Å². The number of benzene rings is 1. The number of nitrogens with one attached hydrogen (secondary N) is 2. The van der Waals surface area contributed by atoms with Crippen LogP contribution < -0.4 is 15.5 Å². The Morgan fingerprint density at radius 2 is 1.62 bits per heavy atom. The van der Waals surface area contributed by atoms with Crippen LogP contribution >= 0.6 is 0 Å². The number of rotatable bonds is 18. The van der Waals surface area contributed by atoms with Gasteiger partial charge in [0.25, 0.3) is 11.8 Å². The standard InChI is InChI=1S/C51H67N9O5/c61-47(18-14-39-10-8-24-52-35-39)53-25-5-4-9-38-20-27-59(28-21-38)50(64)41-15-17-46(54-36-41)58-29-22-42(23-30-58)57-33-31-56(32-34-57)26-6-2-1-3-11-40-12-7-13-43-44(40)37-60(51(43)65)45-16-19-48(62)55-49(45)63/h7-8,10,12-15,17-18,24,35-36,38,42,45H,1-6,9,11,16,19-23,25-34,37H2,(H,53,61)(H,55,62,63)/b18-14+. The normalized spacial score (nSPS) is 20.4. The molecular formula is C51H67N9O5. The van der Waals surface area contributed by atoms with Gasteiger partial charge in [0.05, 0.1) is 5.56 Å². The van der Waals surface area contributed by atoms with E-state index in [1.165, 1.54) is 18.4 Å². The van der Waals surface area contributed by atoms with E-state index in [2.05, 4.69) is 36.4 Å². The fourth-order valence-electron chi connectivity index (χ4n) is 10.5. The van der Waals surface area contributed by atoms with E-state index in [-0.39, 0.29) is 36.0 Å². The Morgan fingerprint density at radius 3 is 2.37 bits per heavy atom. The predicted octanol–water partition coefficient (Wildman–Crippen LogP) is 5.48. The molecule has 65 heavy (non-hydrogen) atoms. The van der Waals surface area contributed by atoms with Gasteiger partial charge >= 0.3 is 0 Å². The summed E-state index contributed by atoms with van der Waals surface area (Å²) in [5.74, 6) is 0.846. The molecule has 0 saturated carbocycles. The Kier molecular flexibility index (Phi) is 16.0. The average molecular weight is 886 g/mol. The number of amides is 5. The van der Waals surface area contributed by atoms with Gasteiger partial charge in [0, 0.05) is 108 Å². The van der Waals surface area contributed by atoms with E-state index >= 15 is 0 Å². The van der Waals surface area contributed by atoms with E-state index in [9.17, 15) is 24.0 Å². The number of aryl methyl sites for hydroxylation is 1. The first kappa shape index (κ1) is 46.1. The summed E-state index contributed by atoms with van der Waals surface area (Å²) in [4.78, 5) is 82.9. The zero-order valence-corrected chi connectivity index (χ0v) is 38.0. The Hall–Kier alpha value is -5.47. The molecule has 2 N–H and O–H groups in total. The van der Waals surface area contributed by atoms with Gasteiger partial charge in [-0.2, -0.15) is 0 Å². The van der Waals surface area contributed by atoms with E-state index in [1.807, 2.05) is 41.3 Å². The molecule has 2 aromatic heterocycles. The fourth-order valence-corrected chi connectivity index (χ4v) is 10.5. The largest absolute Gasteiger partial charge is 0.357 e. The molecule has 1 unspecified atom stereocenters. The molecular weight excluding hydrogens is 819 g/mol. The van der Waals surface area contributed by atoms with Crippen LogP contribution in [-0.4, -0.2) is 137 Å². The third-order valence-corrected chi connectivity index (χ3v) is 14.4. The van der Waals surface area contributed by atoms with Crippen LogP contribution in [0.5, 0.6) is 0 Å². The molecule has 1 atom stereocenters. The summed E-state index contributed by atoms with van der Waals surface area (Å²) in [6.45, 7) is 10.3. The van der Waals surface area contributed by atoms with Crippen molar-refractivity contribution in [1.29, 1.82) is 0 Å². The first-order chi connectivity index (χ1) is 31.8. The Bertz CT molecular complexity index is 2120. The molecule has 0 aliphatic carbocycles. The molecule has 5 aliphatic rings. The van der Waals surface area contributed by atoms with Gasteiger partial charge in [-0.15, -0.1) is 0 Å². The zero-order chi connectivity index (χ0) is 45.0. The summed E-state index contributed by atoms with van der Waals surface area (Å²) in [5, 5.41) is 5.36. The lowest BCUT2D eigenvalue weighted by Crippen LogP contribution is -2.53. The minimum atomic E-state index is -0.575. The SMILES string of the molecule is O=C(/C=C/c1cccnc1)NCCCCC1CCN(C(=O)c2ccc(N3CCC(N4CCN(CCCCCCc5cccc6c5CN(C5CCC(=O)NC5=O)C6=O)CC4)CC3)nc2)CC1. The second kappa shape index (κ2) is 22.6. The molecule has 0 bridgehead atoms. The molecule has 5 aliphatic heterocycles. The second-order valence-electron chi connectivity index (χ2n) is 18.7. The minimum absolute atomic E-state index is 0.0793. The molecule has 0 radical (unpaired) electrons. The van der Waals surface area contributed by atoms with Gasteiger partial charge in [0.1, 0.15) is 11.9 Å². The summed E-state index contributed by atoms with van der Waals surface area (Å²) < 4.78 is 0. The highest BCUT2D eigenvalue weighted by Crippen LogP contribution is 2.31. The molecule has 4 fully saturated rings. The van der Waals surface area contributed by atoms with E-state index < -0.39 is 6.04 Å². The number of hydrogen-bond acceptors (Lipinski definition) is 10. The van der Waals surface area contributed by atoms with Crippen LogP contribution in [0.2, 0.25) is 0 Å². The number of aromatic nitrogens is 2. The number of unbranched alkanes of at least 4 members (excludes halogenated alkanes) is 4. The monoisotopic (exact) mass is 886 g/mol. The molecule has 14 nitrogen and oxygen atoms in total. The van der Waals surface area contributed by atoms with Crippen LogP contribution in [0.4, 0.5) is 5.82 Å². The smallest absolute Gasteiger partial charge is 0.255 e. The van der Waals surface area contributed by atoms with Crippen molar-refractivity contribution in [2.75, 3.05) is 70.3 Å².